The monoisotopic (exact) mass is 393 g/mol. The fourth-order valence-corrected chi connectivity index (χ4v) is 2.62. The van der Waals surface area contributed by atoms with Crippen molar-refractivity contribution in [2.45, 2.75) is 6.61 Å². The van der Waals surface area contributed by atoms with E-state index in [1.165, 1.54) is 25.5 Å². The number of allylic oxidation sites excluding steroid dienone is 1. The molecule has 140 valence electrons. The molecule has 0 aliphatic heterocycles. The molecule has 0 radical (unpaired) electrons. The van der Waals surface area contributed by atoms with Crippen molar-refractivity contribution in [3.8, 4) is 17.6 Å². The summed E-state index contributed by atoms with van der Waals surface area (Å²) in [6.07, 6.45) is 2.87. The number of methoxy groups -OCH3 is 1. The molecule has 0 aliphatic carbocycles. The lowest BCUT2D eigenvalue weighted by Crippen LogP contribution is -2.00. The highest BCUT2D eigenvalue weighted by molar-refractivity contribution is 6.30. The maximum Gasteiger partial charge on any atom is 0.238 e. The molecular weight excluding hydrogens is 378 g/mol. The normalized spacial score (nSPS) is 11.0. The number of nitrogens with zero attached hydrogens (tertiary/aromatic N) is 1. The summed E-state index contributed by atoms with van der Waals surface area (Å²) < 4.78 is 16.3. The van der Waals surface area contributed by atoms with E-state index in [0.29, 0.717) is 28.7 Å². The van der Waals surface area contributed by atoms with Crippen molar-refractivity contribution in [2.75, 3.05) is 7.11 Å². The molecule has 0 spiro atoms. The van der Waals surface area contributed by atoms with E-state index in [2.05, 4.69) is 0 Å². The first-order valence-electron chi connectivity index (χ1n) is 8.36. The largest absolute Gasteiger partial charge is 0.493 e. The van der Waals surface area contributed by atoms with Crippen LogP contribution in [0.4, 0.5) is 0 Å². The number of hydrogen-bond donors (Lipinski definition) is 0. The molecule has 6 heteroatoms. The zero-order valence-corrected chi connectivity index (χ0v) is 15.8. The molecular formula is C22H16ClNO4. The molecule has 0 bridgehead atoms. The van der Waals surface area contributed by atoms with Crippen LogP contribution in [0.2, 0.25) is 5.02 Å². The molecule has 0 unspecified atom stereocenters. The van der Waals surface area contributed by atoms with Crippen molar-refractivity contribution in [1.29, 1.82) is 5.26 Å². The molecule has 0 saturated heterocycles. The lowest BCUT2D eigenvalue weighted by atomic mass is 10.1. The van der Waals surface area contributed by atoms with Gasteiger partial charge >= 0.3 is 0 Å². The number of carbonyl (C=O) groups is 1. The van der Waals surface area contributed by atoms with Crippen molar-refractivity contribution in [2.24, 2.45) is 0 Å². The average molecular weight is 394 g/mol. The first kappa shape index (κ1) is 19.3. The molecule has 0 N–H and O–H groups in total. The number of carbonyl (C=O) groups excluding carboxylic acids is 1. The highest BCUT2D eigenvalue weighted by atomic mass is 35.5. The summed E-state index contributed by atoms with van der Waals surface area (Å²) in [5.74, 6) is 0.674. The Bertz CT molecular complexity index is 1030. The number of Topliss-reactive ketones (excluding diaryl/α,β-unsaturated/α-hetero) is 1. The molecule has 0 aliphatic rings. The van der Waals surface area contributed by atoms with Gasteiger partial charge in [-0.3, -0.25) is 4.79 Å². The third-order valence-corrected chi connectivity index (χ3v) is 4.17. The Kier molecular flexibility index (Phi) is 6.15. The van der Waals surface area contributed by atoms with Crippen molar-refractivity contribution in [3.63, 3.8) is 0 Å². The van der Waals surface area contributed by atoms with E-state index in [4.69, 9.17) is 25.5 Å². The maximum atomic E-state index is 12.3. The fourth-order valence-electron chi connectivity index (χ4n) is 2.49. The molecule has 3 aromatic rings. The van der Waals surface area contributed by atoms with Gasteiger partial charge in [0.05, 0.1) is 13.4 Å². The summed E-state index contributed by atoms with van der Waals surface area (Å²) in [7, 11) is 1.52. The van der Waals surface area contributed by atoms with Crippen LogP contribution in [0, 0.1) is 11.3 Å². The first-order valence-corrected chi connectivity index (χ1v) is 8.74. The van der Waals surface area contributed by atoms with Crippen molar-refractivity contribution < 1.29 is 18.7 Å². The maximum absolute atomic E-state index is 12.3. The van der Waals surface area contributed by atoms with Crippen LogP contribution in [0.15, 0.2) is 70.9 Å². The van der Waals surface area contributed by atoms with Crippen LogP contribution in [0.1, 0.15) is 21.7 Å². The van der Waals surface area contributed by atoms with Gasteiger partial charge < -0.3 is 13.9 Å². The van der Waals surface area contributed by atoms with Crippen LogP contribution < -0.4 is 9.47 Å². The minimum atomic E-state index is -0.477. The Morgan fingerprint density at radius 3 is 2.61 bits per heavy atom. The lowest BCUT2D eigenvalue weighted by Gasteiger charge is -2.11. The highest BCUT2D eigenvalue weighted by Gasteiger charge is 2.15. The predicted octanol–water partition coefficient (Wildman–Crippen LogP) is 5.31. The molecule has 0 atom stereocenters. The molecule has 5 nitrogen and oxygen atoms in total. The molecule has 28 heavy (non-hydrogen) atoms. The molecule has 1 aromatic heterocycles. The number of nitriles is 1. The number of halogens is 1. The van der Waals surface area contributed by atoms with Crippen LogP contribution in [0.5, 0.6) is 11.5 Å². The number of rotatable bonds is 7. The third kappa shape index (κ3) is 4.61. The zero-order valence-electron chi connectivity index (χ0n) is 15.0. The first-order chi connectivity index (χ1) is 13.6. The minimum Gasteiger partial charge on any atom is -0.493 e. The van der Waals surface area contributed by atoms with E-state index >= 15 is 0 Å². The second-order valence-electron chi connectivity index (χ2n) is 5.80. The summed E-state index contributed by atoms with van der Waals surface area (Å²) >= 11 is 5.88. The van der Waals surface area contributed by atoms with E-state index in [9.17, 15) is 10.1 Å². The van der Waals surface area contributed by atoms with Crippen LogP contribution in [-0.2, 0) is 6.61 Å². The second kappa shape index (κ2) is 8.94. The second-order valence-corrected chi connectivity index (χ2v) is 6.24. The molecule has 0 fully saturated rings. The summed E-state index contributed by atoms with van der Waals surface area (Å²) in [6, 6.07) is 17.5. The summed E-state index contributed by atoms with van der Waals surface area (Å²) in [5, 5.41) is 9.98. The number of hydrogen-bond acceptors (Lipinski definition) is 5. The van der Waals surface area contributed by atoms with E-state index in [1.54, 1.807) is 36.4 Å². The summed E-state index contributed by atoms with van der Waals surface area (Å²) in [6.45, 7) is 0.350. The minimum absolute atomic E-state index is 0.0353. The number of furan rings is 1. The van der Waals surface area contributed by atoms with Crippen LogP contribution in [0.25, 0.3) is 6.08 Å². The molecule has 0 saturated carbocycles. The molecule has 1 heterocycles. The van der Waals surface area contributed by atoms with Gasteiger partial charge in [-0.25, -0.2) is 0 Å². The Hall–Kier alpha value is -3.49. The van der Waals surface area contributed by atoms with E-state index < -0.39 is 5.78 Å². The SMILES string of the molecule is COc1cc(/C=C(\C#N)C(=O)c2ccco2)ccc1OCc1ccc(Cl)cc1. The summed E-state index contributed by atoms with van der Waals surface area (Å²) in [4.78, 5) is 12.3. The van der Waals surface area contributed by atoms with Crippen molar-refractivity contribution >= 4 is 23.5 Å². The quantitative estimate of drug-likeness (QED) is 0.309. The lowest BCUT2D eigenvalue weighted by molar-refractivity contribution is 0.101. The number of ether oxygens (including phenoxy) is 2. The average Bonchev–Trinajstić information content (AvgIpc) is 3.26. The third-order valence-electron chi connectivity index (χ3n) is 3.92. The Balaban J connectivity index is 1.79. The van der Waals surface area contributed by atoms with Crippen LogP contribution >= 0.6 is 11.6 Å². The van der Waals surface area contributed by atoms with Gasteiger partial charge in [-0.15, -0.1) is 0 Å². The van der Waals surface area contributed by atoms with E-state index in [-0.39, 0.29) is 11.3 Å². The van der Waals surface area contributed by atoms with Crippen molar-refractivity contribution in [3.05, 3.63) is 88.3 Å². The van der Waals surface area contributed by atoms with Crippen molar-refractivity contribution in [1.82, 2.24) is 0 Å². The molecule has 0 amide bonds. The smallest absolute Gasteiger partial charge is 0.238 e. The highest BCUT2D eigenvalue weighted by Crippen LogP contribution is 2.30. The predicted molar refractivity (Wildman–Crippen MR) is 105 cm³/mol. The summed E-state index contributed by atoms with van der Waals surface area (Å²) in [5.41, 5.74) is 1.56. The van der Waals surface area contributed by atoms with E-state index in [0.717, 1.165) is 5.56 Å². The topological polar surface area (TPSA) is 72.5 Å². The number of ketones is 1. The van der Waals surface area contributed by atoms with Gasteiger partial charge in [-0.2, -0.15) is 5.26 Å². The standard InChI is InChI=1S/C22H16ClNO4/c1-26-21-12-16(11-17(13-24)22(25)20-3-2-10-27-20)6-9-19(21)28-14-15-4-7-18(23)8-5-15/h2-12H,14H2,1H3/b17-11+. The van der Waals surface area contributed by atoms with Gasteiger partial charge in [-0.1, -0.05) is 29.8 Å². The van der Waals surface area contributed by atoms with Gasteiger partial charge in [0, 0.05) is 5.02 Å². The van der Waals surface area contributed by atoms with Gasteiger partial charge in [-0.05, 0) is 53.6 Å². The number of benzene rings is 2. The van der Waals surface area contributed by atoms with Gasteiger partial charge in [0.2, 0.25) is 5.78 Å². The Labute approximate surface area is 167 Å². The zero-order chi connectivity index (χ0) is 19.9. The van der Waals surface area contributed by atoms with Gasteiger partial charge in [0.15, 0.2) is 17.3 Å². The molecule has 3 rings (SSSR count). The van der Waals surface area contributed by atoms with Crippen LogP contribution in [-0.4, -0.2) is 12.9 Å². The fraction of sp³-hybridized carbons (Fsp3) is 0.0909. The van der Waals surface area contributed by atoms with Gasteiger partial charge in [0.25, 0.3) is 0 Å². The van der Waals surface area contributed by atoms with Gasteiger partial charge in [0.1, 0.15) is 18.2 Å². The Morgan fingerprint density at radius 2 is 1.96 bits per heavy atom. The van der Waals surface area contributed by atoms with E-state index in [1.807, 2.05) is 18.2 Å². The Morgan fingerprint density at radius 1 is 1.18 bits per heavy atom. The van der Waals surface area contributed by atoms with Crippen LogP contribution in [0.3, 0.4) is 0 Å². The molecule has 2 aromatic carbocycles.